The number of pyridine rings is 1. The lowest BCUT2D eigenvalue weighted by Crippen LogP contribution is -2.42. The largest absolute Gasteiger partial charge is 0.271 e. The highest BCUT2D eigenvalue weighted by molar-refractivity contribution is 6.19. The second-order valence-corrected chi connectivity index (χ2v) is 9.50. The Morgan fingerprint density at radius 2 is 1.68 bits per heavy atom. The molecule has 0 aliphatic carbocycles. The molecule has 3 aromatic carbocycles. The minimum absolute atomic E-state index is 0.0160. The highest BCUT2D eigenvalue weighted by atomic mass is 16.2. The van der Waals surface area contributed by atoms with Crippen LogP contribution in [0.2, 0.25) is 0 Å². The Morgan fingerprint density at radius 3 is 2.42 bits per heavy atom. The van der Waals surface area contributed by atoms with Crippen molar-refractivity contribution in [3.63, 3.8) is 0 Å². The first kappa shape index (κ1) is 24.7. The molecule has 0 radical (unpaired) electrons. The van der Waals surface area contributed by atoms with E-state index >= 15 is 0 Å². The number of nitrogens with zero attached hydrogens (tertiary/aromatic N) is 5. The molecule has 0 unspecified atom stereocenters. The number of carbonyl (C=O) groups excluding carboxylic acids is 2. The van der Waals surface area contributed by atoms with Gasteiger partial charge in [-0.15, -0.1) is 0 Å². The van der Waals surface area contributed by atoms with Crippen LogP contribution in [-0.4, -0.2) is 31.5 Å². The summed E-state index contributed by atoms with van der Waals surface area (Å²) in [7, 11) is 0. The number of imide groups is 1. The molecule has 1 aliphatic heterocycles. The zero-order valence-electron chi connectivity index (χ0n) is 21.7. The topological polar surface area (TPSA) is 91.9 Å². The second-order valence-electron chi connectivity index (χ2n) is 9.50. The maximum Gasteiger partial charge on any atom is 0.271 e. The lowest BCUT2D eigenvalue weighted by atomic mass is 9.93. The van der Waals surface area contributed by atoms with Gasteiger partial charge in [0.2, 0.25) is 0 Å². The first-order chi connectivity index (χ1) is 19.5. The normalized spacial score (nSPS) is 14.7. The molecule has 2 amide bonds. The molecule has 2 aromatic heterocycles. The molecule has 1 aliphatic rings. The fraction of sp³-hybridized carbons (Fsp3) is 0.0606. The summed E-state index contributed by atoms with van der Waals surface area (Å²) in [5.74, 6) is -1.08. The average molecular weight is 522 g/mol. The van der Waals surface area contributed by atoms with Gasteiger partial charge in [-0.1, -0.05) is 60.7 Å². The number of hydrogen-bond acceptors (Lipinski definition) is 5. The van der Waals surface area contributed by atoms with E-state index in [1.807, 2.05) is 72.9 Å². The Morgan fingerprint density at radius 1 is 0.900 bits per heavy atom. The van der Waals surface area contributed by atoms with Crippen molar-refractivity contribution in [3.05, 3.63) is 131 Å². The van der Waals surface area contributed by atoms with Crippen molar-refractivity contribution in [1.82, 2.24) is 19.7 Å². The predicted molar refractivity (Wildman–Crippen MR) is 153 cm³/mol. The first-order valence-corrected chi connectivity index (χ1v) is 12.8. The molecule has 7 heteroatoms. The molecule has 0 N–H and O–H groups in total. The summed E-state index contributed by atoms with van der Waals surface area (Å²) in [4.78, 5) is 32.1. The zero-order valence-corrected chi connectivity index (χ0v) is 21.7. The van der Waals surface area contributed by atoms with Crippen LogP contribution in [0.15, 0.2) is 120 Å². The minimum atomic E-state index is -0.610. The van der Waals surface area contributed by atoms with Crippen molar-refractivity contribution in [2.75, 3.05) is 0 Å². The highest BCUT2D eigenvalue weighted by Crippen LogP contribution is 2.32. The van der Waals surface area contributed by atoms with Crippen LogP contribution < -0.4 is 0 Å². The third kappa shape index (κ3) is 4.48. The van der Waals surface area contributed by atoms with E-state index in [2.05, 4.69) is 17.1 Å². The summed E-state index contributed by atoms with van der Waals surface area (Å²) in [6, 6.07) is 29.5. The van der Waals surface area contributed by atoms with E-state index in [0.717, 1.165) is 26.9 Å². The Kier molecular flexibility index (Phi) is 6.35. The molecule has 6 rings (SSSR count). The fourth-order valence-electron chi connectivity index (χ4n) is 4.87. The van der Waals surface area contributed by atoms with Gasteiger partial charge in [-0.25, -0.2) is 4.68 Å². The van der Waals surface area contributed by atoms with Crippen molar-refractivity contribution in [2.45, 2.75) is 13.5 Å². The third-order valence-corrected chi connectivity index (χ3v) is 6.97. The van der Waals surface area contributed by atoms with Gasteiger partial charge in [0.05, 0.1) is 17.9 Å². The monoisotopic (exact) mass is 521 g/mol. The summed E-state index contributed by atoms with van der Waals surface area (Å²) >= 11 is 0. The molecule has 0 bridgehead atoms. The summed E-state index contributed by atoms with van der Waals surface area (Å²) in [5.41, 5.74) is 4.36. The van der Waals surface area contributed by atoms with E-state index in [9.17, 15) is 14.9 Å². The van der Waals surface area contributed by atoms with Gasteiger partial charge in [-0.05, 0) is 59.2 Å². The van der Waals surface area contributed by atoms with E-state index in [4.69, 9.17) is 5.10 Å². The molecule has 0 spiro atoms. The van der Waals surface area contributed by atoms with Crippen molar-refractivity contribution >= 4 is 28.7 Å². The fourth-order valence-corrected chi connectivity index (χ4v) is 4.87. The SMILES string of the molecule is CC1=C(C#N)C(=O)N(Cc2cccnc2)C(=O)/C1=C/c1cn(-c2ccccc2)nc1-c1ccc2ccccc2c1. The Balaban J connectivity index is 1.51. The van der Waals surface area contributed by atoms with Crippen LogP contribution in [0, 0.1) is 11.3 Å². The number of hydrogen-bond donors (Lipinski definition) is 0. The molecule has 0 atom stereocenters. The van der Waals surface area contributed by atoms with Crippen LogP contribution in [-0.2, 0) is 16.1 Å². The molecule has 0 saturated carbocycles. The maximum absolute atomic E-state index is 13.8. The van der Waals surface area contributed by atoms with Crippen molar-refractivity contribution in [3.8, 4) is 23.0 Å². The minimum Gasteiger partial charge on any atom is -0.269 e. The third-order valence-electron chi connectivity index (χ3n) is 6.97. The van der Waals surface area contributed by atoms with E-state index in [-0.39, 0.29) is 17.7 Å². The second kappa shape index (κ2) is 10.3. The molecule has 192 valence electrons. The van der Waals surface area contributed by atoms with Gasteiger partial charge in [0.25, 0.3) is 11.8 Å². The van der Waals surface area contributed by atoms with Crippen molar-refractivity contribution in [2.24, 2.45) is 0 Å². The lowest BCUT2D eigenvalue weighted by molar-refractivity contribution is -0.141. The van der Waals surface area contributed by atoms with Crippen LogP contribution in [0.5, 0.6) is 0 Å². The van der Waals surface area contributed by atoms with Crippen LogP contribution in [0.4, 0.5) is 0 Å². The molecule has 0 fully saturated rings. The molecular formula is C33H23N5O2. The molecule has 7 nitrogen and oxygen atoms in total. The highest BCUT2D eigenvalue weighted by Gasteiger charge is 2.35. The smallest absolute Gasteiger partial charge is 0.269 e. The first-order valence-electron chi connectivity index (χ1n) is 12.8. The number of nitriles is 1. The number of fused-ring (bicyclic) bond motifs is 1. The summed E-state index contributed by atoms with van der Waals surface area (Å²) in [6.07, 6.45) is 6.82. The van der Waals surface area contributed by atoms with Gasteiger partial charge in [0, 0.05) is 35.3 Å². The van der Waals surface area contributed by atoms with Gasteiger partial charge in [0.15, 0.2) is 0 Å². The van der Waals surface area contributed by atoms with Crippen LogP contribution in [0.1, 0.15) is 18.1 Å². The number of para-hydroxylation sites is 1. The van der Waals surface area contributed by atoms with Crippen molar-refractivity contribution in [1.29, 1.82) is 5.26 Å². The molecule has 3 heterocycles. The lowest BCUT2D eigenvalue weighted by Gasteiger charge is -2.27. The molecule has 5 aromatic rings. The van der Waals surface area contributed by atoms with Gasteiger partial charge in [-0.2, -0.15) is 10.4 Å². The Hall–Kier alpha value is -5.61. The van der Waals surface area contributed by atoms with E-state index in [1.54, 1.807) is 42.2 Å². The van der Waals surface area contributed by atoms with Gasteiger partial charge in [-0.3, -0.25) is 19.5 Å². The number of benzene rings is 3. The van der Waals surface area contributed by atoms with Gasteiger partial charge in [0.1, 0.15) is 11.6 Å². The van der Waals surface area contributed by atoms with E-state index in [1.165, 1.54) is 0 Å². The number of carbonyl (C=O) groups is 2. The predicted octanol–water partition coefficient (Wildman–Crippen LogP) is 5.88. The zero-order chi connectivity index (χ0) is 27.6. The van der Waals surface area contributed by atoms with Crippen LogP contribution in [0.3, 0.4) is 0 Å². The number of aromatic nitrogens is 3. The van der Waals surface area contributed by atoms with Gasteiger partial charge >= 0.3 is 0 Å². The average Bonchev–Trinajstić information content (AvgIpc) is 3.42. The van der Waals surface area contributed by atoms with Gasteiger partial charge < -0.3 is 0 Å². The van der Waals surface area contributed by atoms with Crippen LogP contribution >= 0.6 is 0 Å². The molecular weight excluding hydrogens is 498 g/mol. The van der Waals surface area contributed by atoms with E-state index < -0.39 is 11.8 Å². The summed E-state index contributed by atoms with van der Waals surface area (Å²) in [6.45, 7) is 1.65. The van der Waals surface area contributed by atoms with E-state index in [0.29, 0.717) is 22.4 Å². The Bertz CT molecular complexity index is 1880. The van der Waals surface area contributed by atoms with Crippen LogP contribution in [0.25, 0.3) is 33.8 Å². The summed E-state index contributed by atoms with van der Waals surface area (Å²) in [5, 5.41) is 16.9. The number of amides is 2. The number of rotatable bonds is 5. The molecule has 40 heavy (non-hydrogen) atoms. The standard InChI is InChI=1S/C33H23N5O2/c1-22-29(32(39)37(33(40)30(22)18-34)20-23-8-7-15-35-19-23)17-27-21-38(28-11-3-2-4-12-28)36-31(27)26-14-13-24-9-5-6-10-25(24)16-26/h2-17,19,21H,20H2,1H3/b29-17+. The summed E-state index contributed by atoms with van der Waals surface area (Å²) < 4.78 is 1.77. The maximum atomic E-state index is 13.8. The van der Waals surface area contributed by atoms with Crippen molar-refractivity contribution < 1.29 is 9.59 Å². The molecule has 0 saturated heterocycles. The Labute approximate surface area is 230 Å². The quantitative estimate of drug-likeness (QED) is 0.213.